The number of hydrogen-bond donors (Lipinski definition) is 2. The highest BCUT2D eigenvalue weighted by atomic mass is 16.5. The maximum absolute atomic E-state index is 11.6. The van der Waals surface area contributed by atoms with Crippen LogP contribution in [0.5, 0.6) is 11.5 Å². The van der Waals surface area contributed by atoms with Crippen molar-refractivity contribution in [3.63, 3.8) is 0 Å². The molecule has 1 aliphatic heterocycles. The van der Waals surface area contributed by atoms with Gasteiger partial charge in [0.25, 0.3) is 5.91 Å². The molecule has 0 saturated carbocycles. The van der Waals surface area contributed by atoms with Gasteiger partial charge < -0.3 is 20.1 Å². The predicted molar refractivity (Wildman–Crippen MR) is 77.1 cm³/mol. The van der Waals surface area contributed by atoms with E-state index in [2.05, 4.69) is 24.5 Å². The zero-order valence-electron chi connectivity index (χ0n) is 12.2. The summed E-state index contributed by atoms with van der Waals surface area (Å²) in [5.74, 6) is 1.81. The van der Waals surface area contributed by atoms with Gasteiger partial charge in [-0.1, -0.05) is 13.8 Å². The molecule has 1 unspecified atom stereocenters. The van der Waals surface area contributed by atoms with Crippen molar-refractivity contribution in [2.45, 2.75) is 19.9 Å². The van der Waals surface area contributed by atoms with Crippen molar-refractivity contribution in [3.05, 3.63) is 23.8 Å². The first-order valence-corrected chi connectivity index (χ1v) is 6.93. The van der Waals surface area contributed by atoms with Gasteiger partial charge in [-0.05, 0) is 25.1 Å². The van der Waals surface area contributed by atoms with Crippen molar-refractivity contribution >= 4 is 5.91 Å². The first-order valence-electron chi connectivity index (χ1n) is 6.93. The Kier molecular flexibility index (Phi) is 4.84. The fourth-order valence-electron chi connectivity index (χ4n) is 2.04. The van der Waals surface area contributed by atoms with Crippen LogP contribution in [0.1, 0.15) is 25.5 Å². The van der Waals surface area contributed by atoms with Gasteiger partial charge in [-0.25, -0.2) is 0 Å². The lowest BCUT2D eigenvalue weighted by molar-refractivity contribution is -0.123. The molecule has 1 amide bonds. The third kappa shape index (κ3) is 3.63. The lowest BCUT2D eigenvalue weighted by Crippen LogP contribution is -2.31. The average molecular weight is 278 g/mol. The number of benzene rings is 1. The van der Waals surface area contributed by atoms with Gasteiger partial charge in [-0.2, -0.15) is 0 Å². The van der Waals surface area contributed by atoms with Crippen molar-refractivity contribution in [1.82, 2.24) is 10.6 Å². The molecule has 2 N–H and O–H groups in total. The molecule has 5 heteroatoms. The summed E-state index contributed by atoms with van der Waals surface area (Å²) in [4.78, 5) is 11.6. The Labute approximate surface area is 119 Å². The second-order valence-electron chi connectivity index (χ2n) is 5.34. The maximum atomic E-state index is 11.6. The van der Waals surface area contributed by atoms with Crippen LogP contribution >= 0.6 is 0 Å². The van der Waals surface area contributed by atoms with E-state index in [1.54, 1.807) is 0 Å². The fourth-order valence-corrected chi connectivity index (χ4v) is 2.04. The van der Waals surface area contributed by atoms with Crippen molar-refractivity contribution < 1.29 is 14.3 Å². The van der Waals surface area contributed by atoms with E-state index in [-0.39, 0.29) is 18.6 Å². The number of likely N-dealkylation sites (N-methyl/N-ethyl adjacent to an activating group) is 1. The van der Waals surface area contributed by atoms with Crippen LogP contribution in [0, 0.1) is 5.92 Å². The van der Waals surface area contributed by atoms with E-state index < -0.39 is 0 Å². The predicted octanol–water partition coefficient (Wildman–Crippen LogP) is 1.49. The number of hydrogen-bond acceptors (Lipinski definition) is 4. The molecule has 1 aromatic carbocycles. The largest absolute Gasteiger partial charge is 0.491 e. The quantitative estimate of drug-likeness (QED) is 0.827. The maximum Gasteiger partial charge on any atom is 0.257 e. The molecule has 1 heterocycles. The molecule has 20 heavy (non-hydrogen) atoms. The second kappa shape index (κ2) is 6.61. The van der Waals surface area contributed by atoms with Crippen LogP contribution < -0.4 is 20.1 Å². The van der Waals surface area contributed by atoms with Crippen molar-refractivity contribution in [3.8, 4) is 11.5 Å². The topological polar surface area (TPSA) is 59.6 Å². The summed E-state index contributed by atoms with van der Waals surface area (Å²) in [6, 6.07) is 5.91. The molecule has 0 aliphatic carbocycles. The van der Waals surface area contributed by atoms with Gasteiger partial charge in [0.15, 0.2) is 6.61 Å². The lowest BCUT2D eigenvalue weighted by Gasteiger charge is -2.10. The Bertz CT molecular complexity index is 474. The van der Waals surface area contributed by atoms with Gasteiger partial charge in [0.05, 0.1) is 6.04 Å². The molecule has 110 valence electrons. The molecule has 0 aromatic heterocycles. The first kappa shape index (κ1) is 14.7. The summed E-state index contributed by atoms with van der Waals surface area (Å²) in [5, 5.41) is 6.00. The molecule has 0 spiro atoms. The summed E-state index contributed by atoms with van der Waals surface area (Å²) in [6.07, 6.45) is 0. The Morgan fingerprint density at radius 3 is 3.00 bits per heavy atom. The summed E-state index contributed by atoms with van der Waals surface area (Å²) >= 11 is 0. The average Bonchev–Trinajstić information content (AvgIpc) is 2.85. The number of carbonyl (C=O) groups excluding carboxylic acids is 1. The van der Waals surface area contributed by atoms with Gasteiger partial charge >= 0.3 is 0 Å². The highest BCUT2D eigenvalue weighted by Gasteiger charge is 2.22. The second-order valence-corrected chi connectivity index (χ2v) is 5.34. The lowest BCUT2D eigenvalue weighted by atomic mass is 10.1. The minimum absolute atomic E-state index is 0.0287. The zero-order valence-corrected chi connectivity index (χ0v) is 12.2. The minimum Gasteiger partial charge on any atom is -0.491 e. The van der Waals surface area contributed by atoms with Gasteiger partial charge in [-0.3, -0.25) is 4.79 Å². The van der Waals surface area contributed by atoms with Crippen LogP contribution in [-0.4, -0.2) is 32.7 Å². The van der Waals surface area contributed by atoms with Crippen LogP contribution in [0.2, 0.25) is 0 Å². The normalized spacial score (nSPS) is 16.7. The summed E-state index contributed by atoms with van der Waals surface area (Å²) < 4.78 is 11.1. The number of carbonyl (C=O) groups is 1. The van der Waals surface area contributed by atoms with Gasteiger partial charge in [0.2, 0.25) is 0 Å². The summed E-state index contributed by atoms with van der Waals surface area (Å²) in [5.41, 5.74) is 1.13. The molecule has 0 radical (unpaired) electrons. The highest BCUT2D eigenvalue weighted by Crippen LogP contribution is 2.34. The monoisotopic (exact) mass is 278 g/mol. The highest BCUT2D eigenvalue weighted by molar-refractivity contribution is 5.77. The number of rotatable bonds is 6. The van der Waals surface area contributed by atoms with E-state index in [1.165, 1.54) is 0 Å². The summed E-state index contributed by atoms with van der Waals surface area (Å²) in [6.45, 7) is 5.43. The third-order valence-electron chi connectivity index (χ3n) is 3.19. The van der Waals surface area contributed by atoms with Gasteiger partial charge in [0, 0.05) is 18.2 Å². The molecule has 5 nitrogen and oxygen atoms in total. The molecule has 0 bridgehead atoms. The molecular formula is C15H22N2O3. The molecule has 2 rings (SSSR count). The van der Waals surface area contributed by atoms with E-state index >= 15 is 0 Å². The molecule has 1 atom stereocenters. The number of nitrogens with one attached hydrogen (secondary N) is 2. The number of ether oxygens (including phenoxy) is 2. The Morgan fingerprint density at radius 1 is 1.50 bits per heavy atom. The SMILES string of the molecule is CNC1COc2cc(OCC(=O)NCC(C)C)ccc21. The Morgan fingerprint density at radius 2 is 2.30 bits per heavy atom. The first-order chi connectivity index (χ1) is 9.60. The molecule has 0 fully saturated rings. The van der Waals surface area contributed by atoms with E-state index in [0.717, 1.165) is 11.3 Å². The molecule has 0 saturated heterocycles. The minimum atomic E-state index is -0.104. The Balaban J connectivity index is 1.87. The third-order valence-corrected chi connectivity index (χ3v) is 3.19. The Hall–Kier alpha value is -1.75. The van der Waals surface area contributed by atoms with Crippen LogP contribution in [-0.2, 0) is 4.79 Å². The molecular weight excluding hydrogens is 256 g/mol. The van der Waals surface area contributed by atoms with Crippen LogP contribution in [0.15, 0.2) is 18.2 Å². The van der Waals surface area contributed by atoms with Crippen molar-refractivity contribution in [2.24, 2.45) is 5.92 Å². The van der Waals surface area contributed by atoms with E-state index in [1.807, 2.05) is 25.2 Å². The van der Waals surface area contributed by atoms with Gasteiger partial charge in [0.1, 0.15) is 18.1 Å². The van der Waals surface area contributed by atoms with Crippen LogP contribution in [0.25, 0.3) is 0 Å². The van der Waals surface area contributed by atoms with E-state index in [9.17, 15) is 4.79 Å². The standard InChI is InChI=1S/C15H22N2O3/c1-10(2)7-17-15(18)9-19-11-4-5-12-13(16-3)8-20-14(12)6-11/h4-6,10,13,16H,7-9H2,1-3H3,(H,17,18). The number of amides is 1. The number of fused-ring (bicyclic) bond motifs is 1. The van der Waals surface area contributed by atoms with Gasteiger partial charge in [-0.15, -0.1) is 0 Å². The van der Waals surface area contributed by atoms with Crippen LogP contribution in [0.3, 0.4) is 0 Å². The van der Waals surface area contributed by atoms with Crippen molar-refractivity contribution in [1.29, 1.82) is 0 Å². The molecule has 1 aliphatic rings. The smallest absolute Gasteiger partial charge is 0.257 e. The van der Waals surface area contributed by atoms with E-state index in [4.69, 9.17) is 9.47 Å². The zero-order chi connectivity index (χ0) is 14.5. The fraction of sp³-hybridized carbons (Fsp3) is 0.533. The molecule has 1 aromatic rings. The van der Waals surface area contributed by atoms with Crippen LogP contribution in [0.4, 0.5) is 0 Å². The summed E-state index contributed by atoms with van der Waals surface area (Å²) in [7, 11) is 1.91. The van der Waals surface area contributed by atoms with E-state index in [0.29, 0.717) is 24.8 Å². The van der Waals surface area contributed by atoms with Crippen molar-refractivity contribution in [2.75, 3.05) is 26.8 Å².